The number of aliphatic carboxylic acids is 1. The summed E-state index contributed by atoms with van der Waals surface area (Å²) in [7, 11) is 0. The van der Waals surface area contributed by atoms with Crippen molar-refractivity contribution in [3.05, 3.63) is 65.2 Å². The lowest BCUT2D eigenvalue weighted by molar-refractivity contribution is -0.137. The molecule has 0 atom stereocenters. The Hall–Kier alpha value is -2.77. The van der Waals surface area contributed by atoms with Gasteiger partial charge in [-0.05, 0) is 50.2 Å². The summed E-state index contributed by atoms with van der Waals surface area (Å²) in [5.74, 6) is 6.64. The van der Waals surface area contributed by atoms with Crippen LogP contribution in [0.5, 0.6) is 5.75 Å². The van der Waals surface area contributed by atoms with Crippen molar-refractivity contribution in [2.75, 3.05) is 26.2 Å². The van der Waals surface area contributed by atoms with Crippen LogP contribution in [0.4, 0.5) is 0 Å². The van der Waals surface area contributed by atoms with Crippen molar-refractivity contribution in [2.45, 2.75) is 24.7 Å². The zero-order chi connectivity index (χ0) is 18.7. The van der Waals surface area contributed by atoms with Gasteiger partial charge < -0.3 is 14.7 Å². The van der Waals surface area contributed by atoms with Crippen molar-refractivity contribution in [1.82, 2.24) is 4.90 Å². The van der Waals surface area contributed by atoms with E-state index in [4.69, 9.17) is 9.84 Å². The molecule has 4 nitrogen and oxygen atoms in total. The molecule has 2 heterocycles. The summed E-state index contributed by atoms with van der Waals surface area (Å²) in [6.07, 6.45) is 2.23. The zero-order valence-electron chi connectivity index (χ0n) is 15.3. The number of ether oxygens (including phenoxy) is 1. The van der Waals surface area contributed by atoms with Crippen LogP contribution in [0.25, 0.3) is 0 Å². The number of hydrogen-bond acceptors (Lipinski definition) is 3. The van der Waals surface area contributed by atoms with E-state index in [0.29, 0.717) is 13.2 Å². The van der Waals surface area contributed by atoms with Gasteiger partial charge in [-0.3, -0.25) is 4.79 Å². The fraction of sp³-hybridized carbons (Fsp3) is 0.348. The molecule has 2 aliphatic rings. The van der Waals surface area contributed by atoms with E-state index in [1.54, 1.807) is 0 Å². The average Bonchev–Trinajstić information content (AvgIpc) is 3.04. The largest absolute Gasteiger partial charge is 0.492 e. The number of carboxylic acids is 1. The number of fused-ring (bicyclic) bond motifs is 2. The van der Waals surface area contributed by atoms with Crippen molar-refractivity contribution < 1.29 is 14.6 Å². The summed E-state index contributed by atoms with van der Waals surface area (Å²) in [4.78, 5) is 13.0. The molecule has 4 rings (SSSR count). The SMILES string of the molecule is O=C(O)CCN1CCC2(CC1)COc1cc(C#Cc3ccccc3)ccc12. The maximum absolute atomic E-state index is 10.8. The lowest BCUT2D eigenvalue weighted by Crippen LogP contribution is -2.44. The summed E-state index contributed by atoms with van der Waals surface area (Å²) < 4.78 is 6.04. The van der Waals surface area contributed by atoms with Gasteiger partial charge in [-0.25, -0.2) is 0 Å². The molecule has 0 aliphatic carbocycles. The topological polar surface area (TPSA) is 49.8 Å². The van der Waals surface area contributed by atoms with E-state index >= 15 is 0 Å². The van der Waals surface area contributed by atoms with E-state index in [0.717, 1.165) is 42.8 Å². The van der Waals surface area contributed by atoms with Crippen LogP contribution in [0.3, 0.4) is 0 Å². The van der Waals surface area contributed by atoms with Gasteiger partial charge in [-0.2, -0.15) is 0 Å². The van der Waals surface area contributed by atoms with Crippen molar-refractivity contribution in [2.24, 2.45) is 0 Å². The molecule has 1 N–H and O–H groups in total. The Morgan fingerprint density at radius 2 is 1.81 bits per heavy atom. The Bertz CT molecular complexity index is 887. The molecule has 0 saturated carbocycles. The first kappa shape index (κ1) is 17.6. The number of rotatable bonds is 3. The summed E-state index contributed by atoms with van der Waals surface area (Å²) in [6, 6.07) is 16.3. The molecule has 0 radical (unpaired) electrons. The number of likely N-dealkylation sites (tertiary alicyclic amines) is 1. The van der Waals surface area contributed by atoms with E-state index < -0.39 is 5.97 Å². The van der Waals surface area contributed by atoms with E-state index in [1.165, 1.54) is 5.56 Å². The first-order valence-electron chi connectivity index (χ1n) is 9.43. The molecule has 2 aromatic carbocycles. The highest BCUT2D eigenvalue weighted by Crippen LogP contribution is 2.45. The molecule has 0 aromatic heterocycles. The predicted molar refractivity (Wildman–Crippen MR) is 104 cm³/mol. The Kier molecular flexibility index (Phi) is 4.87. The van der Waals surface area contributed by atoms with Crippen LogP contribution < -0.4 is 4.74 Å². The number of hydrogen-bond donors (Lipinski definition) is 1. The number of carbonyl (C=O) groups is 1. The fourth-order valence-electron chi connectivity index (χ4n) is 3.99. The Balaban J connectivity index is 1.46. The number of carboxylic acid groups (broad SMARTS) is 1. The van der Waals surface area contributed by atoms with Crippen molar-refractivity contribution in [3.63, 3.8) is 0 Å². The molecule has 1 saturated heterocycles. The summed E-state index contributed by atoms with van der Waals surface area (Å²) >= 11 is 0. The van der Waals surface area contributed by atoms with Crippen molar-refractivity contribution in [3.8, 4) is 17.6 Å². The van der Waals surface area contributed by atoms with Gasteiger partial charge in [0, 0.05) is 28.7 Å². The smallest absolute Gasteiger partial charge is 0.304 e. The standard InChI is InChI=1S/C23H23NO3/c25-22(26)10-13-24-14-11-23(12-15-24)17-27-21-16-19(8-9-20(21)23)7-6-18-4-2-1-3-5-18/h1-5,8-9,16H,10-15,17H2,(H,25,26). The van der Waals surface area contributed by atoms with Gasteiger partial charge in [0.2, 0.25) is 0 Å². The molecule has 2 aliphatic heterocycles. The summed E-state index contributed by atoms with van der Waals surface area (Å²) in [6.45, 7) is 3.19. The molecule has 0 bridgehead atoms. The molecular weight excluding hydrogens is 338 g/mol. The molecule has 0 unspecified atom stereocenters. The van der Waals surface area contributed by atoms with E-state index in [9.17, 15) is 4.79 Å². The van der Waals surface area contributed by atoms with Gasteiger partial charge in [0.15, 0.2) is 0 Å². The highest BCUT2D eigenvalue weighted by Gasteiger charge is 2.42. The second-order valence-corrected chi connectivity index (χ2v) is 7.38. The average molecular weight is 361 g/mol. The first-order valence-corrected chi connectivity index (χ1v) is 9.43. The van der Waals surface area contributed by atoms with Gasteiger partial charge in [-0.1, -0.05) is 36.1 Å². The zero-order valence-corrected chi connectivity index (χ0v) is 15.3. The molecule has 27 heavy (non-hydrogen) atoms. The van der Waals surface area contributed by atoms with Crippen LogP contribution in [0.2, 0.25) is 0 Å². The van der Waals surface area contributed by atoms with Crippen LogP contribution in [-0.2, 0) is 10.2 Å². The van der Waals surface area contributed by atoms with Crippen molar-refractivity contribution >= 4 is 5.97 Å². The predicted octanol–water partition coefficient (Wildman–Crippen LogP) is 3.29. The normalized spacial score (nSPS) is 17.6. The van der Waals surface area contributed by atoms with E-state index in [-0.39, 0.29) is 11.8 Å². The van der Waals surface area contributed by atoms with E-state index in [2.05, 4.69) is 34.9 Å². The Labute approximate surface area is 159 Å². The third-order valence-electron chi connectivity index (χ3n) is 5.64. The second-order valence-electron chi connectivity index (χ2n) is 7.38. The molecule has 2 aromatic rings. The minimum absolute atomic E-state index is 0.0699. The van der Waals surface area contributed by atoms with Crippen LogP contribution in [-0.4, -0.2) is 42.2 Å². The fourth-order valence-corrected chi connectivity index (χ4v) is 3.99. The summed E-state index contributed by atoms with van der Waals surface area (Å²) in [5, 5.41) is 8.86. The van der Waals surface area contributed by atoms with Crippen LogP contribution in [0.1, 0.15) is 36.0 Å². The van der Waals surface area contributed by atoms with Gasteiger partial charge in [0.25, 0.3) is 0 Å². The van der Waals surface area contributed by atoms with Gasteiger partial charge >= 0.3 is 5.97 Å². The number of nitrogens with zero attached hydrogens (tertiary/aromatic N) is 1. The molecule has 1 fully saturated rings. The van der Waals surface area contributed by atoms with E-state index in [1.807, 2.05) is 30.3 Å². The molecule has 138 valence electrons. The van der Waals surface area contributed by atoms with Gasteiger partial charge in [0.05, 0.1) is 13.0 Å². The first-order chi connectivity index (χ1) is 13.1. The van der Waals surface area contributed by atoms with Gasteiger partial charge in [-0.15, -0.1) is 0 Å². The summed E-state index contributed by atoms with van der Waals surface area (Å²) in [5.41, 5.74) is 3.32. The molecule has 1 spiro atoms. The van der Waals surface area contributed by atoms with Crippen LogP contribution >= 0.6 is 0 Å². The lowest BCUT2D eigenvalue weighted by atomic mass is 9.74. The lowest BCUT2D eigenvalue weighted by Gasteiger charge is -2.38. The maximum atomic E-state index is 10.8. The highest BCUT2D eigenvalue weighted by atomic mass is 16.5. The van der Waals surface area contributed by atoms with Crippen LogP contribution in [0, 0.1) is 11.8 Å². The number of benzene rings is 2. The number of piperidine rings is 1. The highest BCUT2D eigenvalue weighted by molar-refractivity contribution is 5.66. The molecular formula is C23H23NO3. The Morgan fingerprint density at radius 1 is 1.07 bits per heavy atom. The van der Waals surface area contributed by atoms with Crippen molar-refractivity contribution in [1.29, 1.82) is 0 Å². The Morgan fingerprint density at radius 3 is 2.56 bits per heavy atom. The third-order valence-corrected chi connectivity index (χ3v) is 5.64. The quantitative estimate of drug-likeness (QED) is 0.853. The minimum atomic E-state index is -0.728. The minimum Gasteiger partial charge on any atom is -0.492 e. The molecule has 0 amide bonds. The van der Waals surface area contributed by atoms with Crippen LogP contribution in [0.15, 0.2) is 48.5 Å². The third kappa shape index (κ3) is 3.84. The molecule has 4 heteroatoms. The van der Waals surface area contributed by atoms with Gasteiger partial charge in [0.1, 0.15) is 5.75 Å². The maximum Gasteiger partial charge on any atom is 0.304 e. The second kappa shape index (κ2) is 7.46. The monoisotopic (exact) mass is 361 g/mol.